The van der Waals surface area contributed by atoms with E-state index in [4.69, 9.17) is 4.74 Å². The van der Waals surface area contributed by atoms with Crippen LogP contribution in [0.25, 0.3) is 0 Å². The Morgan fingerprint density at radius 2 is 1.97 bits per heavy atom. The number of nitrogens with one attached hydrogen (secondary N) is 2. The van der Waals surface area contributed by atoms with Gasteiger partial charge in [-0.1, -0.05) is 35.9 Å². The van der Waals surface area contributed by atoms with Gasteiger partial charge in [-0.05, 0) is 37.3 Å². The minimum Gasteiger partial charge on any atom is -0.378 e. The zero-order valence-electron chi connectivity index (χ0n) is 18.4. The summed E-state index contributed by atoms with van der Waals surface area (Å²) in [7, 11) is 0. The summed E-state index contributed by atoms with van der Waals surface area (Å²) in [5.74, 6) is 0.473. The topological polar surface area (TPSA) is 87.3 Å². The van der Waals surface area contributed by atoms with E-state index in [1.165, 1.54) is 5.56 Å². The minimum absolute atomic E-state index is 0.0972. The molecule has 0 bridgehead atoms. The van der Waals surface area contributed by atoms with E-state index in [9.17, 15) is 9.59 Å². The van der Waals surface area contributed by atoms with E-state index in [0.717, 1.165) is 10.4 Å². The number of anilines is 1. The van der Waals surface area contributed by atoms with Gasteiger partial charge >= 0.3 is 0 Å². The van der Waals surface area contributed by atoms with Crippen LogP contribution in [0.15, 0.2) is 46.6 Å². The second-order valence-corrected chi connectivity index (χ2v) is 8.96. The average Bonchev–Trinajstić information content (AvgIpc) is 3.33. The molecular formula is C24H28N4O3S. The fourth-order valence-electron chi connectivity index (χ4n) is 3.82. The largest absolute Gasteiger partial charge is 0.378 e. The lowest BCUT2D eigenvalue weighted by atomic mass is 10.0. The molecular weight excluding hydrogens is 424 g/mol. The van der Waals surface area contributed by atoms with Crippen LogP contribution >= 0.6 is 11.3 Å². The van der Waals surface area contributed by atoms with E-state index in [-0.39, 0.29) is 23.9 Å². The summed E-state index contributed by atoms with van der Waals surface area (Å²) in [4.78, 5) is 36.1. The summed E-state index contributed by atoms with van der Waals surface area (Å²) in [6.07, 6.45) is 0.560. The molecule has 2 aromatic heterocycles. The molecule has 0 unspecified atom stereocenters. The number of thiophene rings is 1. The van der Waals surface area contributed by atoms with Crippen molar-refractivity contribution >= 4 is 23.2 Å². The number of amides is 1. The fraction of sp³-hybridized carbons (Fsp3) is 0.375. The first-order valence-corrected chi connectivity index (χ1v) is 11.7. The number of carbonyl (C=O) groups is 1. The van der Waals surface area contributed by atoms with Gasteiger partial charge in [-0.15, -0.1) is 11.3 Å². The molecule has 0 saturated carbocycles. The fourth-order valence-corrected chi connectivity index (χ4v) is 4.62. The van der Waals surface area contributed by atoms with Gasteiger partial charge in [0.15, 0.2) is 0 Å². The molecule has 1 aliphatic rings. The molecule has 1 aromatic carbocycles. The number of H-pyrrole nitrogens is 1. The Labute approximate surface area is 191 Å². The quantitative estimate of drug-likeness (QED) is 0.575. The molecule has 7 nitrogen and oxygen atoms in total. The molecule has 168 valence electrons. The van der Waals surface area contributed by atoms with Gasteiger partial charge in [-0.3, -0.25) is 14.6 Å². The van der Waals surface area contributed by atoms with E-state index < -0.39 is 0 Å². The van der Waals surface area contributed by atoms with Gasteiger partial charge in [0, 0.05) is 35.6 Å². The first-order chi connectivity index (χ1) is 15.5. The summed E-state index contributed by atoms with van der Waals surface area (Å²) in [5, 5.41) is 5.15. The maximum Gasteiger partial charge on any atom is 0.255 e. The molecule has 1 saturated heterocycles. The Morgan fingerprint density at radius 1 is 1.22 bits per heavy atom. The highest BCUT2D eigenvalue weighted by molar-refractivity contribution is 7.10. The standard InChI is InChI=1S/C24H28N4O3S/c1-16-5-7-18(8-6-16)22(20-4-3-15-32-20)26-21(29)10-9-19-17(2)25-24(27-23(19)30)28-11-13-31-14-12-28/h3-8,15,22H,9-14H2,1-2H3,(H,26,29)(H,25,27,30)/t22-/m0/s1. The molecule has 32 heavy (non-hydrogen) atoms. The SMILES string of the molecule is Cc1ccc([C@H](NC(=O)CCc2c(C)nc(N3CCOCC3)[nH]c2=O)c2cccs2)cc1. The average molecular weight is 453 g/mol. The van der Waals surface area contributed by atoms with Gasteiger partial charge in [0.1, 0.15) is 0 Å². The van der Waals surface area contributed by atoms with Gasteiger partial charge in [0.25, 0.3) is 5.56 Å². The van der Waals surface area contributed by atoms with E-state index in [2.05, 4.69) is 15.3 Å². The number of hydrogen-bond acceptors (Lipinski definition) is 6. The third-order valence-corrected chi connectivity index (χ3v) is 6.60. The number of carbonyl (C=O) groups excluding carboxylic acids is 1. The maximum absolute atomic E-state index is 12.8. The van der Waals surface area contributed by atoms with Crippen molar-refractivity contribution in [3.8, 4) is 0 Å². The second-order valence-electron chi connectivity index (χ2n) is 7.98. The summed E-state index contributed by atoms with van der Waals surface area (Å²) in [6, 6.07) is 12.0. The van der Waals surface area contributed by atoms with Crippen LogP contribution in [-0.2, 0) is 16.0 Å². The third kappa shape index (κ3) is 5.26. The highest BCUT2D eigenvalue weighted by Crippen LogP contribution is 2.26. The molecule has 4 rings (SSSR count). The first kappa shape index (κ1) is 22.2. The number of aromatic nitrogens is 2. The predicted octanol–water partition coefficient (Wildman–Crippen LogP) is 3.12. The number of ether oxygens (including phenoxy) is 1. The molecule has 1 amide bonds. The molecule has 0 spiro atoms. The molecule has 0 radical (unpaired) electrons. The summed E-state index contributed by atoms with van der Waals surface area (Å²) >= 11 is 1.61. The highest BCUT2D eigenvalue weighted by Gasteiger charge is 2.20. The number of aromatic amines is 1. The Hall–Kier alpha value is -2.97. The summed E-state index contributed by atoms with van der Waals surface area (Å²) in [6.45, 7) is 6.52. The number of rotatable bonds is 7. The van der Waals surface area contributed by atoms with Crippen molar-refractivity contribution < 1.29 is 9.53 Å². The lowest BCUT2D eigenvalue weighted by Crippen LogP contribution is -2.38. The van der Waals surface area contributed by atoms with Crippen molar-refractivity contribution in [2.45, 2.75) is 32.7 Å². The molecule has 1 aliphatic heterocycles. The Kier molecular flexibility index (Phi) is 7.02. The van der Waals surface area contributed by atoms with Gasteiger partial charge in [-0.25, -0.2) is 4.98 Å². The molecule has 3 aromatic rings. The van der Waals surface area contributed by atoms with Crippen molar-refractivity contribution in [1.29, 1.82) is 0 Å². The van der Waals surface area contributed by atoms with Crippen LogP contribution < -0.4 is 15.8 Å². The molecule has 8 heteroatoms. The van der Waals surface area contributed by atoms with E-state index in [1.54, 1.807) is 11.3 Å². The number of morpholine rings is 1. The van der Waals surface area contributed by atoms with Crippen molar-refractivity contribution in [3.63, 3.8) is 0 Å². The van der Waals surface area contributed by atoms with Crippen LogP contribution in [0, 0.1) is 13.8 Å². The van der Waals surface area contributed by atoms with Crippen LogP contribution in [-0.4, -0.2) is 42.2 Å². The normalized spacial score (nSPS) is 14.9. The van der Waals surface area contributed by atoms with E-state index >= 15 is 0 Å². The van der Waals surface area contributed by atoms with Gasteiger partial charge in [0.05, 0.1) is 19.3 Å². The lowest BCUT2D eigenvalue weighted by Gasteiger charge is -2.27. The lowest BCUT2D eigenvalue weighted by molar-refractivity contribution is -0.121. The highest BCUT2D eigenvalue weighted by atomic mass is 32.1. The Morgan fingerprint density at radius 3 is 2.62 bits per heavy atom. The van der Waals surface area contributed by atoms with Crippen molar-refractivity contribution in [3.05, 3.63) is 79.4 Å². The van der Waals surface area contributed by atoms with Crippen LogP contribution in [0.3, 0.4) is 0 Å². The van der Waals surface area contributed by atoms with Crippen LogP contribution in [0.4, 0.5) is 5.95 Å². The van der Waals surface area contributed by atoms with Crippen molar-refractivity contribution in [2.24, 2.45) is 0 Å². The predicted molar refractivity (Wildman–Crippen MR) is 126 cm³/mol. The number of nitrogens with zero attached hydrogens (tertiary/aromatic N) is 2. The van der Waals surface area contributed by atoms with Crippen molar-refractivity contribution in [2.75, 3.05) is 31.2 Å². The van der Waals surface area contributed by atoms with E-state index in [1.807, 2.05) is 60.5 Å². The number of benzene rings is 1. The van der Waals surface area contributed by atoms with Crippen LogP contribution in [0.1, 0.15) is 39.7 Å². The number of aryl methyl sites for hydroxylation is 2. The van der Waals surface area contributed by atoms with Gasteiger partial charge in [-0.2, -0.15) is 0 Å². The minimum atomic E-state index is -0.204. The molecule has 3 heterocycles. The smallest absolute Gasteiger partial charge is 0.255 e. The zero-order chi connectivity index (χ0) is 22.5. The monoisotopic (exact) mass is 452 g/mol. The second kappa shape index (κ2) is 10.1. The first-order valence-electron chi connectivity index (χ1n) is 10.8. The third-order valence-electron chi connectivity index (χ3n) is 5.67. The van der Waals surface area contributed by atoms with Gasteiger partial charge < -0.3 is 15.0 Å². The molecule has 0 aliphatic carbocycles. The molecule has 1 fully saturated rings. The van der Waals surface area contributed by atoms with Crippen LogP contribution in [0.2, 0.25) is 0 Å². The Bertz CT molecular complexity index is 1100. The Balaban J connectivity index is 1.44. The summed E-state index contributed by atoms with van der Waals surface area (Å²) in [5.41, 5.74) is 3.25. The van der Waals surface area contributed by atoms with Crippen LogP contribution in [0.5, 0.6) is 0 Å². The maximum atomic E-state index is 12.8. The van der Waals surface area contributed by atoms with Crippen molar-refractivity contribution in [1.82, 2.24) is 15.3 Å². The number of hydrogen-bond donors (Lipinski definition) is 2. The van der Waals surface area contributed by atoms with E-state index in [0.29, 0.717) is 49.9 Å². The summed E-state index contributed by atoms with van der Waals surface area (Å²) < 4.78 is 5.36. The molecule has 2 N–H and O–H groups in total. The molecule has 1 atom stereocenters. The van der Waals surface area contributed by atoms with Gasteiger partial charge in [0.2, 0.25) is 11.9 Å². The zero-order valence-corrected chi connectivity index (χ0v) is 19.2.